The summed E-state index contributed by atoms with van der Waals surface area (Å²) in [4.78, 5) is 12.1. The highest BCUT2D eigenvalue weighted by atomic mass is 19.1. The van der Waals surface area contributed by atoms with Crippen LogP contribution >= 0.6 is 0 Å². The van der Waals surface area contributed by atoms with Gasteiger partial charge in [0, 0.05) is 16.8 Å². The normalized spacial score (nSPS) is 10.4. The SMILES string of the molecule is Cc1ccc(C(=O)c2cc(F)ccc2N)cc1F. The Morgan fingerprint density at radius 1 is 1.11 bits per heavy atom. The van der Waals surface area contributed by atoms with Gasteiger partial charge in [-0.05, 0) is 36.8 Å². The number of halogens is 2. The Bertz CT molecular complexity index is 623. The van der Waals surface area contributed by atoms with Gasteiger partial charge in [0.25, 0.3) is 0 Å². The van der Waals surface area contributed by atoms with Crippen LogP contribution in [0.4, 0.5) is 14.5 Å². The molecule has 2 nitrogen and oxygen atoms in total. The molecule has 0 saturated heterocycles. The molecule has 0 fully saturated rings. The van der Waals surface area contributed by atoms with Gasteiger partial charge in [-0.3, -0.25) is 4.79 Å². The summed E-state index contributed by atoms with van der Waals surface area (Å²) in [6, 6.07) is 7.65. The molecule has 0 unspecified atom stereocenters. The summed E-state index contributed by atoms with van der Waals surface area (Å²) in [6.07, 6.45) is 0. The van der Waals surface area contributed by atoms with Crippen molar-refractivity contribution in [2.75, 3.05) is 5.73 Å². The van der Waals surface area contributed by atoms with E-state index in [2.05, 4.69) is 0 Å². The van der Waals surface area contributed by atoms with Crippen LogP contribution in [0.25, 0.3) is 0 Å². The van der Waals surface area contributed by atoms with Crippen molar-refractivity contribution in [3.05, 3.63) is 64.7 Å². The summed E-state index contributed by atoms with van der Waals surface area (Å²) in [6.45, 7) is 1.60. The lowest BCUT2D eigenvalue weighted by Crippen LogP contribution is -2.06. The fourth-order valence-electron chi connectivity index (χ4n) is 1.61. The second kappa shape index (κ2) is 4.56. The topological polar surface area (TPSA) is 43.1 Å². The van der Waals surface area contributed by atoms with Gasteiger partial charge in [0.05, 0.1) is 0 Å². The van der Waals surface area contributed by atoms with E-state index in [0.717, 1.165) is 12.1 Å². The van der Waals surface area contributed by atoms with Gasteiger partial charge in [-0.15, -0.1) is 0 Å². The number of carbonyl (C=O) groups excluding carboxylic acids is 1. The smallest absolute Gasteiger partial charge is 0.195 e. The number of nitrogens with two attached hydrogens (primary N) is 1. The Labute approximate surface area is 103 Å². The molecule has 0 radical (unpaired) electrons. The molecule has 0 atom stereocenters. The van der Waals surface area contributed by atoms with E-state index in [1.54, 1.807) is 6.92 Å². The summed E-state index contributed by atoms with van der Waals surface area (Å²) in [5.41, 5.74) is 6.42. The summed E-state index contributed by atoms with van der Waals surface area (Å²) >= 11 is 0. The molecule has 0 amide bonds. The minimum Gasteiger partial charge on any atom is -0.398 e. The van der Waals surface area contributed by atoms with Crippen LogP contribution < -0.4 is 5.73 Å². The van der Waals surface area contributed by atoms with Gasteiger partial charge in [-0.2, -0.15) is 0 Å². The maximum Gasteiger partial charge on any atom is 0.195 e. The van der Waals surface area contributed by atoms with Crippen molar-refractivity contribution >= 4 is 11.5 Å². The van der Waals surface area contributed by atoms with Crippen LogP contribution in [-0.2, 0) is 0 Å². The number of rotatable bonds is 2. The monoisotopic (exact) mass is 247 g/mol. The molecule has 0 heterocycles. The molecule has 0 saturated carbocycles. The molecule has 0 aliphatic carbocycles. The fraction of sp³-hybridized carbons (Fsp3) is 0.0714. The van der Waals surface area contributed by atoms with Crippen LogP contribution in [0.1, 0.15) is 21.5 Å². The highest BCUT2D eigenvalue weighted by Crippen LogP contribution is 2.19. The summed E-state index contributed by atoms with van der Waals surface area (Å²) < 4.78 is 26.5. The molecule has 0 spiro atoms. The first kappa shape index (κ1) is 12.2. The van der Waals surface area contributed by atoms with Gasteiger partial charge in [0.2, 0.25) is 0 Å². The lowest BCUT2D eigenvalue weighted by molar-refractivity contribution is 0.103. The zero-order valence-corrected chi connectivity index (χ0v) is 9.71. The molecular formula is C14H11F2NO. The lowest BCUT2D eigenvalue weighted by atomic mass is 10.0. The molecule has 2 aromatic carbocycles. The number of hydrogen-bond donors (Lipinski definition) is 1. The number of benzene rings is 2. The molecule has 2 aromatic rings. The standard InChI is InChI=1S/C14H11F2NO/c1-8-2-3-9(6-12(8)16)14(18)11-7-10(15)4-5-13(11)17/h2-7H,17H2,1H3. The van der Waals surface area contributed by atoms with Crippen molar-refractivity contribution in [2.24, 2.45) is 0 Å². The van der Waals surface area contributed by atoms with Gasteiger partial charge < -0.3 is 5.73 Å². The minimum atomic E-state index is -0.555. The molecule has 2 rings (SSSR count). The number of carbonyl (C=O) groups is 1. The third-order valence-corrected chi connectivity index (χ3v) is 2.69. The average Bonchev–Trinajstić information content (AvgIpc) is 2.35. The van der Waals surface area contributed by atoms with Crippen molar-refractivity contribution in [1.29, 1.82) is 0 Å². The maximum atomic E-state index is 13.4. The molecule has 0 aliphatic rings. The van der Waals surface area contributed by atoms with Crippen LogP contribution in [0.15, 0.2) is 36.4 Å². The molecule has 0 aliphatic heterocycles. The minimum absolute atomic E-state index is 0.0400. The van der Waals surface area contributed by atoms with Crippen LogP contribution in [0, 0.1) is 18.6 Å². The predicted molar refractivity (Wildman–Crippen MR) is 65.4 cm³/mol. The van der Waals surface area contributed by atoms with E-state index in [4.69, 9.17) is 5.73 Å². The predicted octanol–water partition coefficient (Wildman–Crippen LogP) is 3.09. The Morgan fingerprint density at radius 2 is 1.83 bits per heavy atom. The maximum absolute atomic E-state index is 13.4. The van der Waals surface area contributed by atoms with Crippen molar-refractivity contribution < 1.29 is 13.6 Å². The molecular weight excluding hydrogens is 236 g/mol. The van der Waals surface area contributed by atoms with Crippen LogP contribution in [0.2, 0.25) is 0 Å². The van der Waals surface area contributed by atoms with Crippen molar-refractivity contribution in [2.45, 2.75) is 6.92 Å². The van der Waals surface area contributed by atoms with Gasteiger partial charge in [0.15, 0.2) is 5.78 Å². The number of anilines is 1. The van der Waals surface area contributed by atoms with Crippen molar-refractivity contribution in [3.63, 3.8) is 0 Å². The molecule has 4 heteroatoms. The molecule has 2 N–H and O–H groups in total. The molecule has 0 bridgehead atoms. The average molecular weight is 247 g/mol. The third kappa shape index (κ3) is 2.22. The first-order valence-corrected chi connectivity index (χ1v) is 5.35. The van der Waals surface area contributed by atoms with Gasteiger partial charge >= 0.3 is 0 Å². The lowest BCUT2D eigenvalue weighted by Gasteiger charge is -2.06. The summed E-state index contributed by atoms with van der Waals surface area (Å²) in [5, 5.41) is 0. The number of nitrogen functional groups attached to an aromatic ring is 1. The molecule has 0 aromatic heterocycles. The molecule has 92 valence electrons. The quantitative estimate of drug-likeness (QED) is 0.654. The van der Waals surface area contributed by atoms with Crippen LogP contribution in [-0.4, -0.2) is 5.78 Å². The Balaban J connectivity index is 2.47. The highest BCUT2D eigenvalue weighted by Gasteiger charge is 2.14. The zero-order chi connectivity index (χ0) is 13.3. The number of hydrogen-bond acceptors (Lipinski definition) is 2. The second-order valence-corrected chi connectivity index (χ2v) is 4.02. The van der Waals surface area contributed by atoms with E-state index in [0.29, 0.717) is 5.56 Å². The third-order valence-electron chi connectivity index (χ3n) is 2.69. The van der Waals surface area contributed by atoms with E-state index >= 15 is 0 Å². The Morgan fingerprint density at radius 3 is 2.50 bits per heavy atom. The Kier molecular flexibility index (Phi) is 3.10. The van der Waals surface area contributed by atoms with Crippen LogP contribution in [0.5, 0.6) is 0 Å². The summed E-state index contributed by atoms with van der Waals surface area (Å²) in [7, 11) is 0. The van der Waals surface area contributed by atoms with Crippen molar-refractivity contribution in [1.82, 2.24) is 0 Å². The van der Waals surface area contributed by atoms with E-state index in [1.807, 2.05) is 0 Å². The molecule has 18 heavy (non-hydrogen) atoms. The van der Waals surface area contributed by atoms with Gasteiger partial charge in [-0.25, -0.2) is 8.78 Å². The number of aryl methyl sites for hydroxylation is 1. The van der Waals surface area contributed by atoms with Crippen molar-refractivity contribution in [3.8, 4) is 0 Å². The second-order valence-electron chi connectivity index (χ2n) is 4.02. The first-order chi connectivity index (χ1) is 8.49. The first-order valence-electron chi connectivity index (χ1n) is 5.35. The van der Waals surface area contributed by atoms with E-state index < -0.39 is 17.4 Å². The zero-order valence-electron chi connectivity index (χ0n) is 9.71. The van der Waals surface area contributed by atoms with Gasteiger partial charge in [-0.1, -0.05) is 12.1 Å². The number of ketones is 1. The van der Waals surface area contributed by atoms with E-state index in [9.17, 15) is 13.6 Å². The largest absolute Gasteiger partial charge is 0.398 e. The Hall–Kier alpha value is -2.23. The van der Waals surface area contributed by atoms with Gasteiger partial charge in [0.1, 0.15) is 11.6 Å². The fourth-order valence-corrected chi connectivity index (χ4v) is 1.61. The van der Waals surface area contributed by atoms with Crippen LogP contribution in [0.3, 0.4) is 0 Å². The van der Waals surface area contributed by atoms with E-state index in [-0.39, 0.29) is 16.8 Å². The highest BCUT2D eigenvalue weighted by molar-refractivity contribution is 6.12. The summed E-state index contributed by atoms with van der Waals surface area (Å²) in [5.74, 6) is -1.53. The van der Waals surface area contributed by atoms with E-state index in [1.165, 1.54) is 24.3 Å².